The van der Waals surface area contributed by atoms with E-state index in [-0.39, 0.29) is 18.6 Å². The minimum atomic E-state index is -1.05. The number of hydrogen-bond acceptors (Lipinski definition) is 5. The molecule has 1 atom stereocenters. The summed E-state index contributed by atoms with van der Waals surface area (Å²) < 4.78 is 0. The largest absolute Gasteiger partial charge is 0.383 e. The maximum atomic E-state index is 11.9. The first-order chi connectivity index (χ1) is 10.5. The number of thiophene rings is 1. The predicted molar refractivity (Wildman–Crippen MR) is 85.5 cm³/mol. The van der Waals surface area contributed by atoms with Gasteiger partial charge in [0.05, 0.1) is 19.2 Å². The number of nitriles is 1. The van der Waals surface area contributed by atoms with Crippen molar-refractivity contribution in [2.24, 2.45) is 0 Å². The highest BCUT2D eigenvalue weighted by Crippen LogP contribution is 2.24. The summed E-state index contributed by atoms with van der Waals surface area (Å²) >= 11 is 1.47. The van der Waals surface area contributed by atoms with E-state index in [1.807, 2.05) is 17.5 Å². The number of likely N-dealkylation sites (tertiary alicyclic amines) is 1. The lowest BCUT2D eigenvalue weighted by atomic mass is 10.0. The molecule has 0 spiro atoms. The number of nitrogens with one attached hydrogen (secondary N) is 2. The van der Waals surface area contributed by atoms with Gasteiger partial charge in [0.1, 0.15) is 5.60 Å². The van der Waals surface area contributed by atoms with Gasteiger partial charge >= 0.3 is 6.03 Å². The molecule has 1 aliphatic rings. The van der Waals surface area contributed by atoms with E-state index in [1.54, 1.807) is 6.92 Å². The van der Waals surface area contributed by atoms with E-state index in [4.69, 9.17) is 5.26 Å². The van der Waals surface area contributed by atoms with Gasteiger partial charge in [-0.05, 0) is 31.2 Å². The van der Waals surface area contributed by atoms with Gasteiger partial charge in [-0.15, -0.1) is 11.3 Å². The van der Waals surface area contributed by atoms with Gasteiger partial charge in [0.15, 0.2) is 0 Å². The molecular weight excluding hydrogens is 300 g/mol. The summed E-state index contributed by atoms with van der Waals surface area (Å²) in [5.74, 6) is 0. The molecule has 22 heavy (non-hydrogen) atoms. The highest BCUT2D eigenvalue weighted by Gasteiger charge is 2.26. The molecule has 0 radical (unpaired) electrons. The molecule has 2 heterocycles. The zero-order valence-corrected chi connectivity index (χ0v) is 13.5. The highest BCUT2D eigenvalue weighted by molar-refractivity contribution is 7.10. The first-order valence-corrected chi connectivity index (χ1v) is 8.29. The summed E-state index contributed by atoms with van der Waals surface area (Å²) in [4.78, 5) is 14.9. The Bertz CT molecular complexity index is 516. The summed E-state index contributed by atoms with van der Waals surface area (Å²) in [5.41, 5.74) is -1.05. The fourth-order valence-corrected chi connectivity index (χ4v) is 3.28. The third-order valence-corrected chi connectivity index (χ3v) is 4.99. The van der Waals surface area contributed by atoms with E-state index < -0.39 is 5.60 Å². The van der Waals surface area contributed by atoms with E-state index in [1.165, 1.54) is 11.3 Å². The van der Waals surface area contributed by atoms with Crippen molar-refractivity contribution >= 4 is 17.4 Å². The number of hydrogen-bond donors (Lipinski definition) is 3. The van der Waals surface area contributed by atoms with Crippen molar-refractivity contribution in [2.45, 2.75) is 31.4 Å². The van der Waals surface area contributed by atoms with Crippen molar-refractivity contribution in [3.05, 3.63) is 22.4 Å². The molecule has 6 nitrogen and oxygen atoms in total. The monoisotopic (exact) mass is 322 g/mol. The Labute approximate surface area is 134 Å². The Balaban J connectivity index is 1.72. The smallest absolute Gasteiger partial charge is 0.315 e. The van der Waals surface area contributed by atoms with Crippen LogP contribution in [0.25, 0.3) is 0 Å². The van der Waals surface area contributed by atoms with Crippen LogP contribution in [0, 0.1) is 11.3 Å². The lowest BCUT2D eigenvalue weighted by molar-refractivity contribution is 0.0628. The van der Waals surface area contributed by atoms with E-state index in [2.05, 4.69) is 21.6 Å². The molecular formula is C15H22N4O2S. The molecule has 1 saturated heterocycles. The van der Waals surface area contributed by atoms with Gasteiger partial charge in [-0.25, -0.2) is 4.79 Å². The quantitative estimate of drug-likeness (QED) is 0.712. The van der Waals surface area contributed by atoms with Crippen LogP contribution in [-0.2, 0) is 5.60 Å². The van der Waals surface area contributed by atoms with Crippen LogP contribution in [-0.4, -0.2) is 48.3 Å². The van der Waals surface area contributed by atoms with Gasteiger partial charge in [-0.2, -0.15) is 5.26 Å². The van der Waals surface area contributed by atoms with Crippen LogP contribution >= 0.6 is 11.3 Å². The average molecular weight is 322 g/mol. The zero-order valence-electron chi connectivity index (χ0n) is 12.7. The van der Waals surface area contributed by atoms with Crippen molar-refractivity contribution in [1.82, 2.24) is 15.5 Å². The van der Waals surface area contributed by atoms with Crippen LogP contribution in [0.4, 0.5) is 4.79 Å². The zero-order chi connectivity index (χ0) is 16.0. The Morgan fingerprint density at radius 2 is 2.32 bits per heavy atom. The van der Waals surface area contributed by atoms with Gasteiger partial charge in [0, 0.05) is 24.0 Å². The molecule has 1 fully saturated rings. The second kappa shape index (κ2) is 7.58. The molecule has 3 N–H and O–H groups in total. The summed E-state index contributed by atoms with van der Waals surface area (Å²) in [6.45, 7) is 3.96. The Morgan fingerprint density at radius 1 is 1.59 bits per heavy atom. The number of aliphatic hydroxyl groups is 1. The van der Waals surface area contributed by atoms with Crippen molar-refractivity contribution in [3.8, 4) is 6.07 Å². The van der Waals surface area contributed by atoms with Crippen LogP contribution in [0.5, 0.6) is 0 Å². The number of nitrogens with zero attached hydrogens (tertiary/aromatic N) is 2. The number of amides is 2. The SMILES string of the molecule is C[C@@](O)(CNC(=O)NC1CCN(CC#N)CC1)c1cccs1. The molecule has 0 bridgehead atoms. The molecule has 1 aliphatic heterocycles. The van der Waals surface area contributed by atoms with Crippen molar-refractivity contribution in [1.29, 1.82) is 5.26 Å². The first kappa shape index (κ1) is 16.7. The Hall–Kier alpha value is -1.62. The normalized spacial score (nSPS) is 19.1. The molecule has 120 valence electrons. The standard InChI is InChI=1S/C15H22N4O2S/c1-15(21,13-3-2-10-22-13)11-17-14(20)18-12-4-7-19(8-5-12)9-6-16/h2-3,10,12,21H,4-5,7-9,11H2,1H3,(H2,17,18,20)/t15-/m1/s1. The van der Waals surface area contributed by atoms with Gasteiger partial charge < -0.3 is 15.7 Å². The Morgan fingerprint density at radius 3 is 2.91 bits per heavy atom. The Kier molecular flexibility index (Phi) is 5.77. The van der Waals surface area contributed by atoms with Gasteiger partial charge in [0.25, 0.3) is 0 Å². The predicted octanol–water partition coefficient (Wildman–Crippen LogP) is 1.24. The molecule has 2 amide bonds. The molecule has 1 aromatic rings. The second-order valence-electron chi connectivity index (χ2n) is 5.79. The lowest BCUT2D eigenvalue weighted by Gasteiger charge is -2.31. The fraction of sp³-hybridized carbons (Fsp3) is 0.600. The topological polar surface area (TPSA) is 88.4 Å². The molecule has 0 aromatic carbocycles. The van der Waals surface area contributed by atoms with Crippen LogP contribution < -0.4 is 10.6 Å². The molecule has 0 saturated carbocycles. The number of carbonyl (C=O) groups excluding carboxylic acids is 1. The van der Waals surface area contributed by atoms with E-state index in [9.17, 15) is 9.90 Å². The third-order valence-electron chi connectivity index (χ3n) is 3.86. The van der Waals surface area contributed by atoms with Crippen molar-refractivity contribution in [2.75, 3.05) is 26.2 Å². The average Bonchev–Trinajstić information content (AvgIpc) is 3.03. The van der Waals surface area contributed by atoms with E-state index in [0.29, 0.717) is 6.54 Å². The molecule has 7 heteroatoms. The number of rotatable bonds is 5. The van der Waals surface area contributed by atoms with Gasteiger partial charge in [-0.3, -0.25) is 4.90 Å². The van der Waals surface area contributed by atoms with Crippen LogP contribution in [0.15, 0.2) is 17.5 Å². The van der Waals surface area contributed by atoms with Crippen LogP contribution in [0.3, 0.4) is 0 Å². The lowest BCUT2D eigenvalue weighted by Crippen LogP contribution is -2.50. The van der Waals surface area contributed by atoms with Gasteiger partial charge in [-0.1, -0.05) is 6.07 Å². The summed E-state index contributed by atoms with van der Waals surface area (Å²) in [5, 5.41) is 26.6. The molecule has 0 unspecified atom stereocenters. The van der Waals surface area contributed by atoms with Crippen LogP contribution in [0.2, 0.25) is 0 Å². The fourth-order valence-electron chi connectivity index (χ4n) is 2.50. The van der Waals surface area contributed by atoms with E-state index in [0.717, 1.165) is 30.8 Å². The molecule has 1 aromatic heterocycles. The van der Waals surface area contributed by atoms with Crippen LogP contribution in [0.1, 0.15) is 24.6 Å². The van der Waals surface area contributed by atoms with Crippen molar-refractivity contribution in [3.63, 3.8) is 0 Å². The molecule has 2 rings (SSSR count). The number of urea groups is 1. The first-order valence-electron chi connectivity index (χ1n) is 7.41. The third kappa shape index (κ3) is 4.70. The number of carbonyl (C=O) groups is 1. The maximum Gasteiger partial charge on any atom is 0.315 e. The summed E-state index contributed by atoms with van der Waals surface area (Å²) in [6.07, 6.45) is 1.69. The molecule has 0 aliphatic carbocycles. The van der Waals surface area contributed by atoms with E-state index >= 15 is 0 Å². The number of piperidine rings is 1. The highest BCUT2D eigenvalue weighted by atomic mass is 32.1. The minimum Gasteiger partial charge on any atom is -0.383 e. The maximum absolute atomic E-state index is 11.9. The summed E-state index contributed by atoms with van der Waals surface area (Å²) in [7, 11) is 0. The van der Waals surface area contributed by atoms with Crippen molar-refractivity contribution < 1.29 is 9.90 Å². The second-order valence-corrected chi connectivity index (χ2v) is 6.73. The summed E-state index contributed by atoms with van der Waals surface area (Å²) in [6, 6.07) is 5.75. The minimum absolute atomic E-state index is 0.127. The van der Waals surface area contributed by atoms with Gasteiger partial charge in [0.2, 0.25) is 0 Å².